The predicted octanol–water partition coefficient (Wildman–Crippen LogP) is 2.20. The molecule has 0 unspecified atom stereocenters. The van der Waals surface area contributed by atoms with Gasteiger partial charge in [0.1, 0.15) is 12.4 Å². The fraction of sp³-hybridized carbons (Fsp3) is 0.167. The minimum atomic E-state index is -0.830. The van der Waals surface area contributed by atoms with Crippen LogP contribution in [0.5, 0.6) is 5.75 Å². The van der Waals surface area contributed by atoms with Gasteiger partial charge in [-0.25, -0.2) is 4.79 Å². The molecule has 122 valence electrons. The lowest BCUT2D eigenvalue weighted by atomic mass is 10.1. The zero-order valence-electron chi connectivity index (χ0n) is 13.0. The molecule has 0 aliphatic carbocycles. The number of hydrogen-bond acceptors (Lipinski definition) is 4. The van der Waals surface area contributed by atoms with E-state index in [0.29, 0.717) is 5.75 Å². The minimum absolute atomic E-state index is 0.0177. The smallest absolute Gasteiger partial charge is 0.334 e. The lowest BCUT2D eigenvalue weighted by Gasteiger charge is -2.14. The van der Waals surface area contributed by atoms with Crippen molar-refractivity contribution in [2.24, 2.45) is 0 Å². The van der Waals surface area contributed by atoms with Gasteiger partial charge in [0.25, 0.3) is 0 Å². The summed E-state index contributed by atoms with van der Waals surface area (Å²) in [5.41, 5.74) is 0. The standard InChI is InChI=1S/C18H16N2O4/c1-2-9-19-16(21)17(22)20(18(19)23)10-11-24-15-8-7-13-5-3-4-6-14(13)12-15/h2-8,12H,1,9-11H2. The van der Waals surface area contributed by atoms with Gasteiger partial charge in [0.15, 0.2) is 0 Å². The molecule has 3 rings (SSSR count). The van der Waals surface area contributed by atoms with Gasteiger partial charge in [0, 0.05) is 6.54 Å². The maximum atomic E-state index is 12.0. The molecular formula is C18H16N2O4. The third kappa shape index (κ3) is 2.86. The average molecular weight is 324 g/mol. The third-order valence-electron chi connectivity index (χ3n) is 3.75. The molecule has 1 heterocycles. The van der Waals surface area contributed by atoms with Gasteiger partial charge in [-0.3, -0.25) is 19.4 Å². The lowest BCUT2D eigenvalue weighted by Crippen LogP contribution is -2.36. The Bertz CT molecular complexity index is 831. The second-order valence-electron chi connectivity index (χ2n) is 5.30. The quantitative estimate of drug-likeness (QED) is 0.464. The molecule has 1 aliphatic rings. The molecule has 6 heteroatoms. The van der Waals surface area contributed by atoms with Crippen LogP contribution in [0.15, 0.2) is 55.1 Å². The summed E-state index contributed by atoms with van der Waals surface area (Å²) in [5.74, 6) is -1.02. The molecule has 0 bridgehead atoms. The molecule has 1 fully saturated rings. The molecule has 2 aromatic rings. The van der Waals surface area contributed by atoms with E-state index in [0.717, 1.165) is 20.6 Å². The van der Waals surface area contributed by atoms with E-state index in [1.54, 1.807) is 0 Å². The molecule has 1 saturated heterocycles. The van der Waals surface area contributed by atoms with Gasteiger partial charge in [-0.15, -0.1) is 6.58 Å². The van der Waals surface area contributed by atoms with Crippen molar-refractivity contribution in [2.75, 3.05) is 19.7 Å². The number of benzene rings is 2. The normalized spacial score (nSPS) is 14.6. The lowest BCUT2D eigenvalue weighted by molar-refractivity contribution is -0.143. The average Bonchev–Trinajstić information content (AvgIpc) is 2.80. The zero-order chi connectivity index (χ0) is 17.1. The molecule has 0 aromatic heterocycles. The molecule has 24 heavy (non-hydrogen) atoms. The Balaban J connectivity index is 1.63. The number of amides is 4. The van der Waals surface area contributed by atoms with Crippen molar-refractivity contribution in [1.82, 2.24) is 9.80 Å². The van der Waals surface area contributed by atoms with E-state index in [-0.39, 0.29) is 19.7 Å². The first-order valence-corrected chi connectivity index (χ1v) is 7.51. The summed E-state index contributed by atoms with van der Waals surface area (Å²) in [7, 11) is 0. The molecule has 0 saturated carbocycles. The summed E-state index contributed by atoms with van der Waals surface area (Å²) in [6.07, 6.45) is 1.40. The minimum Gasteiger partial charge on any atom is -0.492 e. The highest BCUT2D eigenvalue weighted by Crippen LogP contribution is 2.20. The van der Waals surface area contributed by atoms with Crippen molar-refractivity contribution in [2.45, 2.75) is 0 Å². The molecule has 2 aromatic carbocycles. The van der Waals surface area contributed by atoms with Crippen molar-refractivity contribution in [3.8, 4) is 5.75 Å². The highest BCUT2D eigenvalue weighted by molar-refractivity contribution is 6.44. The van der Waals surface area contributed by atoms with Crippen LogP contribution in [0.25, 0.3) is 10.8 Å². The van der Waals surface area contributed by atoms with Gasteiger partial charge >= 0.3 is 17.8 Å². The first-order chi connectivity index (χ1) is 11.6. The summed E-state index contributed by atoms with van der Waals surface area (Å²) < 4.78 is 5.61. The Labute approximate surface area is 138 Å². The molecule has 6 nitrogen and oxygen atoms in total. The predicted molar refractivity (Wildman–Crippen MR) is 88.5 cm³/mol. The Morgan fingerprint density at radius 2 is 1.67 bits per heavy atom. The molecule has 0 spiro atoms. The van der Waals surface area contributed by atoms with Crippen LogP contribution in [0.4, 0.5) is 4.79 Å². The molecule has 0 N–H and O–H groups in total. The summed E-state index contributed by atoms with van der Waals surface area (Å²) >= 11 is 0. The first-order valence-electron chi connectivity index (χ1n) is 7.51. The number of imide groups is 2. The van der Waals surface area contributed by atoms with Crippen LogP contribution in [0.2, 0.25) is 0 Å². The number of hydrogen-bond donors (Lipinski definition) is 0. The molecule has 0 atom stereocenters. The Morgan fingerprint density at radius 3 is 2.42 bits per heavy atom. The van der Waals surface area contributed by atoms with Gasteiger partial charge < -0.3 is 4.74 Å². The van der Waals surface area contributed by atoms with Gasteiger partial charge in [-0.05, 0) is 22.9 Å². The van der Waals surface area contributed by atoms with Crippen molar-refractivity contribution < 1.29 is 19.1 Å². The molecule has 4 amide bonds. The maximum Gasteiger partial charge on any atom is 0.334 e. The van der Waals surface area contributed by atoms with Crippen LogP contribution in [0, 0.1) is 0 Å². The zero-order valence-corrected chi connectivity index (χ0v) is 13.0. The fourth-order valence-corrected chi connectivity index (χ4v) is 2.55. The van der Waals surface area contributed by atoms with E-state index in [9.17, 15) is 14.4 Å². The van der Waals surface area contributed by atoms with Crippen molar-refractivity contribution in [3.05, 3.63) is 55.1 Å². The van der Waals surface area contributed by atoms with Crippen LogP contribution in [-0.4, -0.2) is 47.3 Å². The van der Waals surface area contributed by atoms with Gasteiger partial charge in [0.05, 0.1) is 6.54 Å². The van der Waals surface area contributed by atoms with Crippen molar-refractivity contribution >= 4 is 28.6 Å². The fourth-order valence-electron chi connectivity index (χ4n) is 2.55. The van der Waals surface area contributed by atoms with E-state index in [1.165, 1.54) is 6.08 Å². The Morgan fingerprint density at radius 1 is 0.958 bits per heavy atom. The van der Waals surface area contributed by atoms with E-state index in [2.05, 4.69) is 6.58 Å². The van der Waals surface area contributed by atoms with Crippen molar-refractivity contribution in [3.63, 3.8) is 0 Å². The third-order valence-corrected chi connectivity index (χ3v) is 3.75. The monoisotopic (exact) mass is 324 g/mol. The molecular weight excluding hydrogens is 308 g/mol. The van der Waals surface area contributed by atoms with Crippen LogP contribution < -0.4 is 4.74 Å². The SMILES string of the molecule is C=CCN1C(=O)C(=O)N(CCOc2ccc3ccccc3c2)C1=O. The van der Waals surface area contributed by atoms with Gasteiger partial charge in [-0.2, -0.15) is 0 Å². The number of carbonyl (C=O) groups excluding carboxylic acids is 3. The Hall–Kier alpha value is -3.15. The number of carbonyl (C=O) groups is 3. The number of nitrogens with zero attached hydrogens (tertiary/aromatic N) is 2. The second kappa shape index (κ2) is 6.54. The van der Waals surface area contributed by atoms with Crippen LogP contribution in [0.1, 0.15) is 0 Å². The van der Waals surface area contributed by atoms with Crippen LogP contribution in [-0.2, 0) is 9.59 Å². The first kappa shape index (κ1) is 15.7. The largest absolute Gasteiger partial charge is 0.492 e. The van der Waals surface area contributed by atoms with Gasteiger partial charge in [0.2, 0.25) is 0 Å². The van der Waals surface area contributed by atoms with E-state index >= 15 is 0 Å². The maximum absolute atomic E-state index is 12.0. The number of urea groups is 1. The molecule has 1 aliphatic heterocycles. The van der Waals surface area contributed by atoms with Crippen molar-refractivity contribution in [1.29, 1.82) is 0 Å². The summed E-state index contributed by atoms with van der Waals surface area (Å²) in [6.45, 7) is 3.62. The summed E-state index contributed by atoms with van der Waals surface area (Å²) in [4.78, 5) is 37.4. The van der Waals surface area contributed by atoms with Crippen LogP contribution in [0.3, 0.4) is 0 Å². The van der Waals surface area contributed by atoms with E-state index in [1.807, 2.05) is 42.5 Å². The van der Waals surface area contributed by atoms with Gasteiger partial charge in [-0.1, -0.05) is 36.4 Å². The number of ether oxygens (including phenoxy) is 1. The summed E-state index contributed by atoms with van der Waals surface area (Å²) in [5, 5.41) is 2.14. The van der Waals surface area contributed by atoms with Crippen LogP contribution >= 0.6 is 0 Å². The Kier molecular flexibility index (Phi) is 4.29. The second-order valence-corrected chi connectivity index (χ2v) is 5.30. The number of rotatable bonds is 6. The van der Waals surface area contributed by atoms with E-state index in [4.69, 9.17) is 4.74 Å². The highest BCUT2D eigenvalue weighted by atomic mass is 16.5. The topological polar surface area (TPSA) is 66.9 Å². The van der Waals surface area contributed by atoms with E-state index < -0.39 is 17.8 Å². The number of fused-ring (bicyclic) bond motifs is 1. The molecule has 0 radical (unpaired) electrons. The highest BCUT2D eigenvalue weighted by Gasteiger charge is 2.43. The summed E-state index contributed by atoms with van der Waals surface area (Å²) in [6, 6.07) is 12.9.